The minimum Gasteiger partial charge on any atom is -0.508 e. The summed E-state index contributed by atoms with van der Waals surface area (Å²) in [5.41, 5.74) is 3.88. The quantitative estimate of drug-likeness (QED) is 0.687. The minimum atomic E-state index is -0.218. The van der Waals surface area contributed by atoms with Crippen LogP contribution in [0.2, 0.25) is 0 Å². The Morgan fingerprint density at radius 2 is 1.67 bits per heavy atom. The first-order chi connectivity index (χ1) is 13.0. The molecule has 2 aromatic rings. The fourth-order valence-corrected chi connectivity index (χ4v) is 6.71. The predicted molar refractivity (Wildman–Crippen MR) is 105 cm³/mol. The van der Waals surface area contributed by atoms with Crippen molar-refractivity contribution in [3.8, 4) is 11.5 Å². The van der Waals surface area contributed by atoms with E-state index in [9.17, 15) is 15.3 Å². The average molecular weight is 364 g/mol. The van der Waals surface area contributed by atoms with E-state index in [4.69, 9.17) is 0 Å². The molecule has 0 spiro atoms. The molecule has 0 aliphatic heterocycles. The number of aromatic hydroxyl groups is 2. The molecule has 0 aromatic heterocycles. The molecule has 0 radical (unpaired) electrons. The van der Waals surface area contributed by atoms with Crippen LogP contribution in [0.25, 0.3) is 0 Å². The molecular formula is C24H28O3. The van der Waals surface area contributed by atoms with Gasteiger partial charge in [-0.25, -0.2) is 0 Å². The smallest absolute Gasteiger partial charge is 0.115 e. The first kappa shape index (κ1) is 17.1. The fourth-order valence-electron chi connectivity index (χ4n) is 6.71. The van der Waals surface area contributed by atoms with Gasteiger partial charge < -0.3 is 15.3 Å². The maximum Gasteiger partial charge on any atom is 0.115 e. The molecule has 0 amide bonds. The molecule has 142 valence electrons. The maximum atomic E-state index is 10.8. The Bertz CT molecular complexity index is 858. The van der Waals surface area contributed by atoms with Crippen LogP contribution in [-0.2, 0) is 6.42 Å². The Labute approximate surface area is 160 Å². The largest absolute Gasteiger partial charge is 0.508 e. The van der Waals surface area contributed by atoms with Crippen molar-refractivity contribution >= 4 is 0 Å². The zero-order valence-corrected chi connectivity index (χ0v) is 15.8. The zero-order valence-electron chi connectivity index (χ0n) is 15.8. The van der Waals surface area contributed by atoms with Gasteiger partial charge in [0.15, 0.2) is 0 Å². The van der Waals surface area contributed by atoms with Gasteiger partial charge in [0.25, 0.3) is 0 Å². The number of rotatable bonds is 1. The van der Waals surface area contributed by atoms with E-state index in [0.717, 1.165) is 32.1 Å². The Hall–Kier alpha value is -2.00. The summed E-state index contributed by atoms with van der Waals surface area (Å²) in [6.07, 6.45) is 4.93. The highest BCUT2D eigenvalue weighted by molar-refractivity contribution is 5.43. The van der Waals surface area contributed by atoms with Gasteiger partial charge in [-0.2, -0.15) is 0 Å². The van der Waals surface area contributed by atoms with Crippen molar-refractivity contribution in [2.45, 2.75) is 57.0 Å². The molecule has 3 aliphatic carbocycles. The van der Waals surface area contributed by atoms with Crippen molar-refractivity contribution in [2.75, 3.05) is 0 Å². The maximum absolute atomic E-state index is 10.8. The number of hydrogen-bond acceptors (Lipinski definition) is 3. The summed E-state index contributed by atoms with van der Waals surface area (Å²) in [7, 11) is 0. The monoisotopic (exact) mass is 364 g/mol. The molecule has 5 rings (SSSR count). The molecule has 3 aliphatic rings. The number of aliphatic hydroxyl groups is 1. The molecule has 0 heterocycles. The van der Waals surface area contributed by atoms with E-state index in [0.29, 0.717) is 35.2 Å². The van der Waals surface area contributed by atoms with Crippen LogP contribution in [0.4, 0.5) is 0 Å². The molecule has 3 N–H and O–H groups in total. The van der Waals surface area contributed by atoms with E-state index in [1.165, 1.54) is 16.7 Å². The lowest BCUT2D eigenvalue weighted by molar-refractivity contribution is -0.0323. The number of fused-ring (bicyclic) bond motifs is 5. The number of phenols is 2. The van der Waals surface area contributed by atoms with Crippen molar-refractivity contribution in [2.24, 2.45) is 17.3 Å². The average Bonchev–Trinajstić information content (AvgIpc) is 2.96. The van der Waals surface area contributed by atoms with Crippen LogP contribution in [0.1, 0.15) is 61.1 Å². The Morgan fingerprint density at radius 1 is 0.926 bits per heavy atom. The van der Waals surface area contributed by atoms with Gasteiger partial charge in [-0.1, -0.05) is 25.1 Å². The van der Waals surface area contributed by atoms with Crippen LogP contribution in [0.15, 0.2) is 42.5 Å². The molecular weight excluding hydrogens is 336 g/mol. The van der Waals surface area contributed by atoms with Crippen molar-refractivity contribution < 1.29 is 15.3 Å². The first-order valence-corrected chi connectivity index (χ1v) is 10.3. The van der Waals surface area contributed by atoms with Crippen molar-refractivity contribution in [3.63, 3.8) is 0 Å². The van der Waals surface area contributed by atoms with Crippen molar-refractivity contribution in [3.05, 3.63) is 59.2 Å². The molecule has 0 bridgehead atoms. The van der Waals surface area contributed by atoms with Crippen LogP contribution >= 0.6 is 0 Å². The van der Waals surface area contributed by atoms with Crippen molar-refractivity contribution in [1.82, 2.24) is 0 Å². The third kappa shape index (κ3) is 2.51. The minimum absolute atomic E-state index is 0.0296. The van der Waals surface area contributed by atoms with E-state index in [-0.39, 0.29) is 11.5 Å². The van der Waals surface area contributed by atoms with Crippen LogP contribution < -0.4 is 0 Å². The van der Waals surface area contributed by atoms with Gasteiger partial charge in [0.05, 0.1) is 6.10 Å². The number of phenolic OH excluding ortho intramolecular Hbond substituents is 2. The third-order valence-electron chi connectivity index (χ3n) is 7.98. The van der Waals surface area contributed by atoms with Gasteiger partial charge in [-0.05, 0) is 102 Å². The summed E-state index contributed by atoms with van der Waals surface area (Å²) in [6.45, 7) is 2.30. The molecule has 0 saturated heterocycles. The highest BCUT2D eigenvalue weighted by Gasteiger charge is 2.57. The highest BCUT2D eigenvalue weighted by Crippen LogP contribution is 2.65. The van der Waals surface area contributed by atoms with Crippen LogP contribution in [0.5, 0.6) is 11.5 Å². The topological polar surface area (TPSA) is 60.7 Å². The van der Waals surface area contributed by atoms with Gasteiger partial charge in [-0.15, -0.1) is 0 Å². The summed E-state index contributed by atoms with van der Waals surface area (Å²) in [6, 6.07) is 13.6. The van der Waals surface area contributed by atoms with E-state index >= 15 is 0 Å². The van der Waals surface area contributed by atoms with Crippen LogP contribution in [0, 0.1) is 17.3 Å². The highest BCUT2D eigenvalue weighted by atomic mass is 16.3. The lowest BCUT2D eigenvalue weighted by atomic mass is 9.51. The van der Waals surface area contributed by atoms with Crippen LogP contribution in [-0.4, -0.2) is 21.4 Å². The predicted octanol–water partition coefficient (Wildman–Crippen LogP) is 4.71. The Morgan fingerprint density at radius 3 is 2.44 bits per heavy atom. The molecule has 3 heteroatoms. The first-order valence-electron chi connectivity index (χ1n) is 10.3. The van der Waals surface area contributed by atoms with Crippen molar-refractivity contribution in [1.29, 1.82) is 0 Å². The van der Waals surface area contributed by atoms with Gasteiger partial charge in [0.2, 0.25) is 0 Å². The Kier molecular flexibility index (Phi) is 3.80. The number of aliphatic hydroxyl groups excluding tert-OH is 1. The third-order valence-corrected chi connectivity index (χ3v) is 7.98. The molecule has 0 unspecified atom stereocenters. The summed E-state index contributed by atoms with van der Waals surface area (Å²) >= 11 is 0. The van der Waals surface area contributed by atoms with E-state index in [1.54, 1.807) is 12.1 Å². The fraction of sp³-hybridized carbons (Fsp3) is 0.500. The number of aryl methyl sites for hydroxylation is 1. The van der Waals surface area contributed by atoms with Gasteiger partial charge in [-0.3, -0.25) is 0 Å². The normalized spacial score (nSPS) is 37.3. The second-order valence-corrected chi connectivity index (χ2v) is 9.22. The zero-order chi connectivity index (χ0) is 18.8. The summed E-state index contributed by atoms with van der Waals surface area (Å²) < 4.78 is 0. The summed E-state index contributed by atoms with van der Waals surface area (Å²) in [5, 5.41) is 30.6. The number of hydrogen-bond donors (Lipinski definition) is 3. The van der Waals surface area contributed by atoms with Gasteiger partial charge in [0, 0.05) is 0 Å². The van der Waals surface area contributed by atoms with E-state index in [2.05, 4.69) is 25.1 Å². The molecule has 2 aromatic carbocycles. The second-order valence-electron chi connectivity index (χ2n) is 9.22. The summed E-state index contributed by atoms with van der Waals surface area (Å²) in [4.78, 5) is 0. The molecule has 2 saturated carbocycles. The van der Waals surface area contributed by atoms with Gasteiger partial charge >= 0.3 is 0 Å². The lowest BCUT2D eigenvalue weighted by Gasteiger charge is -2.54. The molecule has 2 fully saturated rings. The number of benzene rings is 2. The Balaban J connectivity index is 1.65. The van der Waals surface area contributed by atoms with Gasteiger partial charge in [0.1, 0.15) is 11.5 Å². The van der Waals surface area contributed by atoms with E-state index in [1.807, 2.05) is 12.1 Å². The molecule has 27 heavy (non-hydrogen) atoms. The molecule has 6 atom stereocenters. The van der Waals surface area contributed by atoms with Crippen LogP contribution in [0.3, 0.4) is 0 Å². The van der Waals surface area contributed by atoms with E-state index < -0.39 is 0 Å². The lowest BCUT2D eigenvalue weighted by Crippen LogP contribution is -2.47. The standard InChI is InChI=1S/C24H28O3/c1-24-13-20(14-2-5-16(25)6-3-14)23-18-9-7-17(26)12-15(18)4-8-19(23)21(24)10-11-22(24)27/h2-3,5-7,9,12,19-23,25-27H,4,8,10-11,13H2,1H3/t19-,20+,21-,22-,23+,24-/m0/s1. The second kappa shape index (κ2) is 6.00. The molecule has 3 nitrogen and oxygen atoms in total. The SMILES string of the molecule is C[C@]12C[C@H](c3ccc(O)cc3)[C@@H]3c4ccc(O)cc4CC[C@H]3[C@@H]1CC[C@@H]2O. The summed E-state index contributed by atoms with van der Waals surface area (Å²) in [5.74, 6) is 2.52.